The number of nitrogens with one attached hydrogen (secondary N) is 1. The van der Waals surface area contributed by atoms with Crippen LogP contribution in [0.3, 0.4) is 0 Å². The summed E-state index contributed by atoms with van der Waals surface area (Å²) in [5.41, 5.74) is 0. The van der Waals surface area contributed by atoms with Crippen molar-refractivity contribution >= 4 is 0 Å². The summed E-state index contributed by atoms with van der Waals surface area (Å²) in [4.78, 5) is 2.49. The van der Waals surface area contributed by atoms with Crippen LogP contribution in [-0.4, -0.2) is 50.8 Å². The molecule has 0 aromatic carbocycles. The second kappa shape index (κ2) is 7.21. The predicted molar refractivity (Wildman–Crippen MR) is 59.6 cm³/mol. The zero-order valence-corrected chi connectivity index (χ0v) is 9.59. The maximum absolute atomic E-state index is 5.81. The first kappa shape index (κ1) is 12.0. The average molecular weight is 200 g/mol. The molecule has 0 saturated carbocycles. The van der Waals surface area contributed by atoms with Gasteiger partial charge in [0.05, 0.1) is 6.10 Å². The molecule has 0 bridgehead atoms. The minimum Gasteiger partial charge on any atom is -0.378 e. The van der Waals surface area contributed by atoms with Crippen molar-refractivity contribution in [1.29, 1.82) is 0 Å². The Labute approximate surface area is 87.8 Å². The molecule has 1 saturated heterocycles. The molecule has 14 heavy (non-hydrogen) atoms. The Morgan fingerprint density at radius 2 is 2.07 bits per heavy atom. The zero-order valence-electron chi connectivity index (χ0n) is 9.59. The standard InChI is InChI=1S/C11H24N2O/c1-3-13-8-5-11(6-9-13)14-10-4-7-12-2/h11-12H,3-10H2,1-2H3. The SMILES string of the molecule is CCN1CCC(OCCCNC)CC1. The van der Waals surface area contributed by atoms with E-state index < -0.39 is 0 Å². The molecule has 1 fully saturated rings. The van der Waals surface area contributed by atoms with Crippen LogP contribution in [0.1, 0.15) is 26.2 Å². The Kier molecular flexibility index (Phi) is 6.15. The van der Waals surface area contributed by atoms with E-state index in [1.807, 2.05) is 7.05 Å². The van der Waals surface area contributed by atoms with Gasteiger partial charge in [0.1, 0.15) is 0 Å². The Morgan fingerprint density at radius 1 is 1.36 bits per heavy atom. The monoisotopic (exact) mass is 200 g/mol. The van der Waals surface area contributed by atoms with E-state index in [2.05, 4.69) is 17.1 Å². The number of rotatable bonds is 6. The highest BCUT2D eigenvalue weighted by Crippen LogP contribution is 2.13. The lowest BCUT2D eigenvalue weighted by atomic mass is 10.1. The molecular weight excluding hydrogens is 176 g/mol. The maximum atomic E-state index is 5.81. The molecule has 0 unspecified atom stereocenters. The van der Waals surface area contributed by atoms with Gasteiger partial charge in [0.25, 0.3) is 0 Å². The van der Waals surface area contributed by atoms with Crippen molar-refractivity contribution < 1.29 is 4.74 Å². The third kappa shape index (κ3) is 4.40. The predicted octanol–water partition coefficient (Wildman–Crippen LogP) is 1.10. The summed E-state index contributed by atoms with van der Waals surface area (Å²) in [5.74, 6) is 0. The number of hydrogen-bond donors (Lipinski definition) is 1. The summed E-state index contributed by atoms with van der Waals surface area (Å²) in [6, 6.07) is 0. The summed E-state index contributed by atoms with van der Waals surface area (Å²) < 4.78 is 5.81. The van der Waals surface area contributed by atoms with E-state index in [0.717, 1.165) is 19.6 Å². The third-order valence-electron chi connectivity index (χ3n) is 2.91. The lowest BCUT2D eigenvalue weighted by Crippen LogP contribution is -2.37. The van der Waals surface area contributed by atoms with Crippen LogP contribution in [0, 0.1) is 0 Å². The lowest BCUT2D eigenvalue weighted by molar-refractivity contribution is 0.00788. The average Bonchev–Trinajstić information content (AvgIpc) is 2.25. The lowest BCUT2D eigenvalue weighted by Gasteiger charge is -2.30. The molecular formula is C11H24N2O. The van der Waals surface area contributed by atoms with Crippen LogP contribution < -0.4 is 5.32 Å². The van der Waals surface area contributed by atoms with Crippen LogP contribution in [0.2, 0.25) is 0 Å². The molecule has 0 amide bonds. The van der Waals surface area contributed by atoms with Crippen LogP contribution >= 0.6 is 0 Å². The minimum atomic E-state index is 0.523. The van der Waals surface area contributed by atoms with Crippen molar-refractivity contribution in [2.75, 3.05) is 39.8 Å². The highest BCUT2D eigenvalue weighted by Gasteiger charge is 2.17. The van der Waals surface area contributed by atoms with E-state index in [0.29, 0.717) is 6.10 Å². The number of piperidine rings is 1. The molecule has 84 valence electrons. The number of hydrogen-bond acceptors (Lipinski definition) is 3. The van der Waals surface area contributed by atoms with E-state index >= 15 is 0 Å². The fourth-order valence-corrected chi connectivity index (χ4v) is 1.89. The van der Waals surface area contributed by atoms with Gasteiger partial charge in [-0.1, -0.05) is 6.92 Å². The molecule has 1 aliphatic heterocycles. The van der Waals surface area contributed by atoms with Crippen molar-refractivity contribution in [2.24, 2.45) is 0 Å². The summed E-state index contributed by atoms with van der Waals surface area (Å²) in [6.45, 7) is 7.83. The molecule has 3 nitrogen and oxygen atoms in total. The smallest absolute Gasteiger partial charge is 0.0599 e. The van der Waals surface area contributed by atoms with Crippen LogP contribution in [0.5, 0.6) is 0 Å². The molecule has 3 heteroatoms. The van der Waals surface area contributed by atoms with Gasteiger partial charge >= 0.3 is 0 Å². The number of nitrogens with zero attached hydrogens (tertiary/aromatic N) is 1. The molecule has 0 atom stereocenters. The molecule has 0 aromatic rings. The maximum Gasteiger partial charge on any atom is 0.0599 e. The highest BCUT2D eigenvalue weighted by atomic mass is 16.5. The van der Waals surface area contributed by atoms with Gasteiger partial charge in [-0.15, -0.1) is 0 Å². The first-order valence-electron chi connectivity index (χ1n) is 5.85. The number of ether oxygens (including phenoxy) is 1. The second-order valence-electron chi connectivity index (χ2n) is 3.96. The van der Waals surface area contributed by atoms with Gasteiger partial charge in [-0.3, -0.25) is 0 Å². The van der Waals surface area contributed by atoms with Crippen molar-refractivity contribution in [2.45, 2.75) is 32.3 Å². The van der Waals surface area contributed by atoms with Gasteiger partial charge in [0.15, 0.2) is 0 Å². The molecule has 1 aliphatic rings. The normalized spacial score (nSPS) is 20.1. The largest absolute Gasteiger partial charge is 0.378 e. The molecule has 1 N–H and O–H groups in total. The van der Waals surface area contributed by atoms with E-state index in [1.54, 1.807) is 0 Å². The topological polar surface area (TPSA) is 24.5 Å². The van der Waals surface area contributed by atoms with Crippen LogP contribution in [0.4, 0.5) is 0 Å². The summed E-state index contributed by atoms with van der Waals surface area (Å²) in [7, 11) is 1.99. The van der Waals surface area contributed by atoms with Gasteiger partial charge in [0.2, 0.25) is 0 Å². The van der Waals surface area contributed by atoms with Crippen molar-refractivity contribution in [3.8, 4) is 0 Å². The third-order valence-corrected chi connectivity index (χ3v) is 2.91. The van der Waals surface area contributed by atoms with Crippen molar-refractivity contribution in [1.82, 2.24) is 10.2 Å². The molecule has 0 aromatic heterocycles. The number of likely N-dealkylation sites (tertiary alicyclic amines) is 1. The fourth-order valence-electron chi connectivity index (χ4n) is 1.89. The van der Waals surface area contributed by atoms with Crippen molar-refractivity contribution in [3.05, 3.63) is 0 Å². The molecule has 0 aliphatic carbocycles. The van der Waals surface area contributed by atoms with E-state index in [9.17, 15) is 0 Å². The van der Waals surface area contributed by atoms with Gasteiger partial charge in [-0.2, -0.15) is 0 Å². The van der Waals surface area contributed by atoms with Gasteiger partial charge in [-0.05, 0) is 39.4 Å². The van der Waals surface area contributed by atoms with Gasteiger partial charge in [-0.25, -0.2) is 0 Å². The highest BCUT2D eigenvalue weighted by molar-refractivity contribution is 4.71. The zero-order chi connectivity index (χ0) is 10.2. The summed E-state index contributed by atoms with van der Waals surface area (Å²) in [5, 5.41) is 3.13. The molecule has 0 radical (unpaired) electrons. The van der Waals surface area contributed by atoms with E-state index in [1.165, 1.54) is 32.5 Å². The Morgan fingerprint density at radius 3 is 2.64 bits per heavy atom. The van der Waals surface area contributed by atoms with Gasteiger partial charge < -0.3 is 15.0 Å². The molecule has 1 heterocycles. The van der Waals surface area contributed by atoms with Crippen LogP contribution in [0.15, 0.2) is 0 Å². The first-order chi connectivity index (χ1) is 6.86. The first-order valence-corrected chi connectivity index (χ1v) is 5.85. The van der Waals surface area contributed by atoms with E-state index in [4.69, 9.17) is 4.74 Å². The summed E-state index contributed by atoms with van der Waals surface area (Å²) >= 11 is 0. The van der Waals surface area contributed by atoms with Crippen LogP contribution in [0.25, 0.3) is 0 Å². The molecule has 0 spiro atoms. The van der Waals surface area contributed by atoms with Crippen LogP contribution in [-0.2, 0) is 4.74 Å². The van der Waals surface area contributed by atoms with Crippen molar-refractivity contribution in [3.63, 3.8) is 0 Å². The Hall–Kier alpha value is -0.120. The Balaban J connectivity index is 1.98. The van der Waals surface area contributed by atoms with Gasteiger partial charge in [0, 0.05) is 19.7 Å². The minimum absolute atomic E-state index is 0.523. The van der Waals surface area contributed by atoms with E-state index in [-0.39, 0.29) is 0 Å². The summed E-state index contributed by atoms with van der Waals surface area (Å²) in [6.07, 6.45) is 4.08. The molecule has 1 rings (SSSR count). The quantitative estimate of drug-likeness (QED) is 0.650. The second-order valence-corrected chi connectivity index (χ2v) is 3.96. The fraction of sp³-hybridized carbons (Fsp3) is 1.00. The Bertz CT molecular complexity index is 133.